The number of aliphatic hydroxyl groups is 1. The number of methoxy groups -OCH3 is 1. The highest BCUT2D eigenvalue weighted by Gasteiger charge is 2.11. The molecule has 0 aliphatic rings. The van der Waals surface area contributed by atoms with Crippen molar-refractivity contribution in [3.05, 3.63) is 47.5 Å². The van der Waals surface area contributed by atoms with Crippen LogP contribution < -0.4 is 0 Å². The first-order valence-electron chi connectivity index (χ1n) is 5.47. The van der Waals surface area contributed by atoms with Gasteiger partial charge in [-0.05, 0) is 28.8 Å². The summed E-state index contributed by atoms with van der Waals surface area (Å²) in [4.78, 5) is 11.7. The Kier molecular flexibility index (Phi) is 3.40. The molecular weight excluding hydrogens is 216 g/mol. The van der Waals surface area contributed by atoms with E-state index in [1.165, 1.54) is 7.11 Å². The van der Waals surface area contributed by atoms with Gasteiger partial charge in [0.1, 0.15) is 0 Å². The van der Waals surface area contributed by atoms with Gasteiger partial charge in [0, 0.05) is 6.61 Å². The van der Waals surface area contributed by atoms with E-state index in [0.717, 1.165) is 16.3 Å². The molecule has 0 fully saturated rings. The van der Waals surface area contributed by atoms with Gasteiger partial charge in [-0.1, -0.05) is 30.3 Å². The van der Waals surface area contributed by atoms with Crippen molar-refractivity contribution in [2.24, 2.45) is 0 Å². The van der Waals surface area contributed by atoms with E-state index < -0.39 is 0 Å². The van der Waals surface area contributed by atoms with Crippen LogP contribution in [0.3, 0.4) is 0 Å². The van der Waals surface area contributed by atoms with Crippen molar-refractivity contribution in [3.63, 3.8) is 0 Å². The molecule has 3 heteroatoms. The number of carbonyl (C=O) groups excluding carboxylic acids is 1. The fraction of sp³-hybridized carbons (Fsp3) is 0.214. The maximum absolute atomic E-state index is 11.7. The van der Waals surface area contributed by atoms with Crippen LogP contribution in [0.4, 0.5) is 0 Å². The third-order valence-corrected chi connectivity index (χ3v) is 2.73. The molecule has 17 heavy (non-hydrogen) atoms. The minimum absolute atomic E-state index is 0.0684. The molecule has 0 spiro atoms. The van der Waals surface area contributed by atoms with Crippen LogP contribution in [0, 0.1) is 0 Å². The van der Waals surface area contributed by atoms with Gasteiger partial charge in [-0.3, -0.25) is 0 Å². The van der Waals surface area contributed by atoms with Crippen LogP contribution in [0.1, 0.15) is 15.9 Å². The Morgan fingerprint density at radius 1 is 1.29 bits per heavy atom. The van der Waals surface area contributed by atoms with Crippen molar-refractivity contribution in [1.29, 1.82) is 0 Å². The quantitative estimate of drug-likeness (QED) is 0.822. The van der Waals surface area contributed by atoms with E-state index in [9.17, 15) is 4.79 Å². The molecule has 0 aliphatic carbocycles. The van der Waals surface area contributed by atoms with Crippen LogP contribution in [0.5, 0.6) is 0 Å². The minimum atomic E-state index is -0.346. The van der Waals surface area contributed by atoms with E-state index in [1.807, 2.05) is 30.3 Å². The Morgan fingerprint density at radius 3 is 2.76 bits per heavy atom. The summed E-state index contributed by atoms with van der Waals surface area (Å²) in [5, 5.41) is 10.8. The molecule has 3 nitrogen and oxygen atoms in total. The zero-order chi connectivity index (χ0) is 12.3. The molecule has 2 aromatic rings. The van der Waals surface area contributed by atoms with Crippen molar-refractivity contribution < 1.29 is 14.6 Å². The lowest BCUT2D eigenvalue weighted by Crippen LogP contribution is -2.04. The lowest BCUT2D eigenvalue weighted by Gasteiger charge is -2.08. The summed E-state index contributed by atoms with van der Waals surface area (Å²) in [6.45, 7) is 0.0684. The Bertz CT molecular complexity index is 546. The van der Waals surface area contributed by atoms with Gasteiger partial charge >= 0.3 is 5.97 Å². The van der Waals surface area contributed by atoms with Crippen LogP contribution in [-0.4, -0.2) is 24.8 Å². The second kappa shape index (κ2) is 4.97. The lowest BCUT2D eigenvalue weighted by molar-refractivity contribution is 0.0603. The van der Waals surface area contributed by atoms with E-state index in [1.54, 1.807) is 6.07 Å². The van der Waals surface area contributed by atoms with Gasteiger partial charge in [0.2, 0.25) is 0 Å². The highest BCUT2D eigenvalue weighted by atomic mass is 16.5. The highest BCUT2D eigenvalue weighted by molar-refractivity contribution is 6.04. The molecule has 0 unspecified atom stereocenters. The molecule has 0 amide bonds. The standard InChI is InChI=1S/C14H14O3/c1-17-14(16)13-9-10(6-7-15)8-11-4-2-3-5-12(11)13/h2-5,8-9,15H,6-7H2,1H3. The Hall–Kier alpha value is -1.87. The minimum Gasteiger partial charge on any atom is -0.465 e. The Morgan fingerprint density at radius 2 is 2.06 bits per heavy atom. The highest BCUT2D eigenvalue weighted by Crippen LogP contribution is 2.22. The van der Waals surface area contributed by atoms with Gasteiger partial charge in [-0.15, -0.1) is 0 Å². The third-order valence-electron chi connectivity index (χ3n) is 2.73. The topological polar surface area (TPSA) is 46.5 Å². The van der Waals surface area contributed by atoms with E-state index >= 15 is 0 Å². The van der Waals surface area contributed by atoms with Crippen molar-refractivity contribution in [1.82, 2.24) is 0 Å². The van der Waals surface area contributed by atoms with Gasteiger partial charge < -0.3 is 9.84 Å². The van der Waals surface area contributed by atoms with Crippen molar-refractivity contribution in [2.45, 2.75) is 6.42 Å². The number of ether oxygens (including phenoxy) is 1. The zero-order valence-electron chi connectivity index (χ0n) is 9.64. The van der Waals surface area contributed by atoms with Crippen molar-refractivity contribution in [2.75, 3.05) is 13.7 Å². The van der Waals surface area contributed by atoms with Crippen molar-refractivity contribution >= 4 is 16.7 Å². The maximum atomic E-state index is 11.7. The zero-order valence-corrected chi connectivity index (χ0v) is 9.64. The van der Waals surface area contributed by atoms with Crippen LogP contribution in [0.15, 0.2) is 36.4 Å². The van der Waals surface area contributed by atoms with E-state index in [-0.39, 0.29) is 12.6 Å². The van der Waals surface area contributed by atoms with Crippen LogP contribution in [-0.2, 0) is 11.2 Å². The molecule has 0 saturated heterocycles. The molecular formula is C14H14O3. The number of fused-ring (bicyclic) bond motifs is 1. The SMILES string of the molecule is COC(=O)c1cc(CCO)cc2ccccc12. The second-order valence-electron chi connectivity index (χ2n) is 3.83. The average molecular weight is 230 g/mol. The summed E-state index contributed by atoms with van der Waals surface area (Å²) in [7, 11) is 1.37. The molecule has 0 atom stereocenters. The summed E-state index contributed by atoms with van der Waals surface area (Å²) in [6.07, 6.45) is 0.537. The maximum Gasteiger partial charge on any atom is 0.338 e. The van der Waals surface area contributed by atoms with Crippen LogP contribution in [0.25, 0.3) is 10.8 Å². The molecule has 0 aromatic heterocycles. The second-order valence-corrected chi connectivity index (χ2v) is 3.83. The van der Waals surface area contributed by atoms with Gasteiger partial charge in [0.25, 0.3) is 0 Å². The first-order valence-corrected chi connectivity index (χ1v) is 5.47. The molecule has 0 aliphatic heterocycles. The first kappa shape index (κ1) is 11.6. The molecule has 2 aromatic carbocycles. The van der Waals surface area contributed by atoms with Gasteiger partial charge in [-0.2, -0.15) is 0 Å². The molecule has 1 N–H and O–H groups in total. The molecule has 88 valence electrons. The van der Waals surface area contributed by atoms with Crippen LogP contribution >= 0.6 is 0 Å². The third kappa shape index (κ3) is 2.29. The predicted octanol–water partition coefficient (Wildman–Crippen LogP) is 2.16. The Balaban J connectivity index is 2.64. The Labute approximate surface area is 99.6 Å². The van der Waals surface area contributed by atoms with Gasteiger partial charge in [0.05, 0.1) is 12.7 Å². The van der Waals surface area contributed by atoms with Crippen molar-refractivity contribution in [3.8, 4) is 0 Å². The summed E-state index contributed by atoms with van der Waals surface area (Å²) < 4.78 is 4.78. The largest absolute Gasteiger partial charge is 0.465 e. The number of hydrogen-bond donors (Lipinski definition) is 1. The van der Waals surface area contributed by atoms with E-state index in [2.05, 4.69) is 0 Å². The summed E-state index contributed by atoms with van der Waals surface area (Å²) >= 11 is 0. The van der Waals surface area contributed by atoms with Gasteiger partial charge in [-0.25, -0.2) is 4.79 Å². The van der Waals surface area contributed by atoms with Crippen LogP contribution in [0.2, 0.25) is 0 Å². The lowest BCUT2D eigenvalue weighted by atomic mass is 9.99. The smallest absolute Gasteiger partial charge is 0.338 e. The van der Waals surface area contributed by atoms with Gasteiger partial charge in [0.15, 0.2) is 0 Å². The van der Waals surface area contributed by atoms with E-state index in [4.69, 9.17) is 9.84 Å². The normalized spacial score (nSPS) is 10.5. The molecule has 2 rings (SSSR count). The number of benzene rings is 2. The van der Waals surface area contributed by atoms with E-state index in [0.29, 0.717) is 12.0 Å². The average Bonchev–Trinajstić information content (AvgIpc) is 2.37. The molecule has 0 heterocycles. The monoisotopic (exact) mass is 230 g/mol. The molecule has 0 radical (unpaired) electrons. The fourth-order valence-electron chi connectivity index (χ4n) is 1.92. The molecule has 0 bridgehead atoms. The summed E-state index contributed by atoms with van der Waals surface area (Å²) in [6, 6.07) is 11.4. The number of carbonyl (C=O) groups is 1. The number of esters is 1. The summed E-state index contributed by atoms with van der Waals surface area (Å²) in [5.41, 5.74) is 1.49. The summed E-state index contributed by atoms with van der Waals surface area (Å²) in [5.74, 6) is -0.346. The number of hydrogen-bond acceptors (Lipinski definition) is 3. The predicted molar refractivity (Wildman–Crippen MR) is 66.1 cm³/mol. The fourth-order valence-corrected chi connectivity index (χ4v) is 1.92. The number of rotatable bonds is 3. The number of aliphatic hydroxyl groups excluding tert-OH is 1. The first-order chi connectivity index (χ1) is 8.26. The molecule has 0 saturated carbocycles.